The van der Waals surface area contributed by atoms with E-state index in [2.05, 4.69) is 15.9 Å². The molecule has 2 rings (SSSR count). The molecule has 0 spiro atoms. The second-order valence-electron chi connectivity index (χ2n) is 4.22. The van der Waals surface area contributed by atoms with Crippen molar-refractivity contribution in [3.63, 3.8) is 0 Å². The monoisotopic (exact) mass is 404 g/mol. The lowest BCUT2D eigenvalue weighted by Crippen LogP contribution is -2.26. The van der Waals surface area contributed by atoms with Gasteiger partial charge in [-0.1, -0.05) is 11.6 Å². The van der Waals surface area contributed by atoms with E-state index < -0.39 is 10.0 Å². The van der Waals surface area contributed by atoms with E-state index in [0.717, 1.165) is 8.66 Å². The molecule has 1 aromatic carbocycles. The summed E-state index contributed by atoms with van der Waals surface area (Å²) in [7, 11) is -2.14. The van der Waals surface area contributed by atoms with Crippen LogP contribution in [0.3, 0.4) is 0 Å². The standard InChI is InChI=1S/C13H10BrClN2O2S2/c1-17(8-10-3-5-13(14)20-10)21(18,19)11-4-2-9(7-16)12(15)6-11/h2-6H,8H2,1H3. The lowest BCUT2D eigenvalue weighted by atomic mass is 10.2. The third-order valence-electron chi connectivity index (χ3n) is 2.78. The number of benzene rings is 1. The normalized spacial score (nSPS) is 11.6. The smallest absolute Gasteiger partial charge is 0.207 e. The van der Waals surface area contributed by atoms with E-state index in [-0.39, 0.29) is 22.0 Å². The van der Waals surface area contributed by atoms with E-state index in [0.29, 0.717) is 0 Å². The highest BCUT2D eigenvalue weighted by Crippen LogP contribution is 2.26. The molecule has 0 atom stereocenters. The van der Waals surface area contributed by atoms with Crippen LogP contribution < -0.4 is 0 Å². The van der Waals surface area contributed by atoms with Gasteiger partial charge in [-0.05, 0) is 46.3 Å². The van der Waals surface area contributed by atoms with Crippen LogP contribution in [-0.4, -0.2) is 19.8 Å². The first-order chi connectivity index (χ1) is 9.84. The zero-order valence-electron chi connectivity index (χ0n) is 10.9. The zero-order valence-corrected chi connectivity index (χ0v) is 14.9. The first kappa shape index (κ1) is 16.5. The molecule has 0 saturated carbocycles. The maximum atomic E-state index is 12.5. The largest absolute Gasteiger partial charge is 0.243 e. The average Bonchev–Trinajstić information content (AvgIpc) is 2.83. The second kappa shape index (κ2) is 6.46. The molecule has 8 heteroatoms. The van der Waals surface area contributed by atoms with Crippen LogP contribution in [0.25, 0.3) is 0 Å². The Morgan fingerprint density at radius 3 is 2.62 bits per heavy atom. The van der Waals surface area contributed by atoms with Gasteiger partial charge in [0, 0.05) is 18.5 Å². The number of halogens is 2. The molecular formula is C13H10BrClN2O2S2. The number of thiophene rings is 1. The summed E-state index contributed by atoms with van der Waals surface area (Å²) in [6, 6.07) is 9.74. The third kappa shape index (κ3) is 3.65. The highest BCUT2D eigenvalue weighted by atomic mass is 79.9. The van der Waals surface area contributed by atoms with E-state index >= 15 is 0 Å². The molecule has 0 aliphatic rings. The Morgan fingerprint density at radius 2 is 2.10 bits per heavy atom. The molecule has 0 aliphatic heterocycles. The van der Waals surface area contributed by atoms with Crippen molar-refractivity contribution >= 4 is 48.9 Å². The lowest BCUT2D eigenvalue weighted by molar-refractivity contribution is 0.469. The number of sulfonamides is 1. The van der Waals surface area contributed by atoms with Crippen LogP contribution in [0.1, 0.15) is 10.4 Å². The van der Waals surface area contributed by atoms with Crippen molar-refractivity contribution in [2.24, 2.45) is 0 Å². The number of hydrogen-bond donors (Lipinski definition) is 0. The molecule has 0 fully saturated rings. The van der Waals surface area contributed by atoms with Crippen molar-refractivity contribution in [1.82, 2.24) is 4.31 Å². The average molecular weight is 406 g/mol. The summed E-state index contributed by atoms with van der Waals surface area (Å²) in [5, 5.41) is 8.95. The first-order valence-corrected chi connectivity index (χ1v) is 9.17. The maximum absolute atomic E-state index is 12.5. The Balaban J connectivity index is 2.29. The molecule has 110 valence electrons. The minimum Gasteiger partial charge on any atom is -0.207 e. The Labute approximate surface area is 140 Å². The third-order valence-corrected chi connectivity index (χ3v) is 6.50. The summed E-state index contributed by atoms with van der Waals surface area (Å²) >= 11 is 10.7. The van der Waals surface area contributed by atoms with Gasteiger partial charge in [-0.3, -0.25) is 0 Å². The van der Waals surface area contributed by atoms with Crippen molar-refractivity contribution in [3.05, 3.63) is 49.6 Å². The predicted octanol–water partition coefficient (Wildman–Crippen LogP) is 3.86. The fourth-order valence-corrected chi connectivity index (χ4v) is 4.75. The Kier molecular flexibility index (Phi) is 5.07. The van der Waals surface area contributed by atoms with E-state index in [1.807, 2.05) is 18.2 Å². The molecule has 0 aliphatic carbocycles. The van der Waals surface area contributed by atoms with E-state index in [9.17, 15) is 8.42 Å². The van der Waals surface area contributed by atoms with Crippen LogP contribution in [0.2, 0.25) is 5.02 Å². The lowest BCUT2D eigenvalue weighted by Gasteiger charge is -2.16. The van der Waals surface area contributed by atoms with Crippen LogP contribution in [0.15, 0.2) is 39.0 Å². The molecule has 2 aromatic rings. The van der Waals surface area contributed by atoms with E-state index in [1.165, 1.54) is 40.9 Å². The first-order valence-electron chi connectivity index (χ1n) is 5.75. The number of nitriles is 1. The van der Waals surface area contributed by atoms with Crippen LogP contribution in [0, 0.1) is 11.3 Å². The van der Waals surface area contributed by atoms with Crippen molar-refractivity contribution in [2.75, 3.05) is 7.05 Å². The Hall–Kier alpha value is -0.910. The summed E-state index contributed by atoms with van der Waals surface area (Å²) < 4.78 is 27.1. The van der Waals surface area contributed by atoms with E-state index in [4.69, 9.17) is 16.9 Å². The minimum atomic E-state index is -3.64. The van der Waals surface area contributed by atoms with Crippen molar-refractivity contribution in [1.29, 1.82) is 5.26 Å². The van der Waals surface area contributed by atoms with Crippen LogP contribution in [0.5, 0.6) is 0 Å². The molecule has 1 aromatic heterocycles. The number of hydrogen-bond acceptors (Lipinski definition) is 4. The Morgan fingerprint density at radius 1 is 1.38 bits per heavy atom. The van der Waals surface area contributed by atoms with Gasteiger partial charge < -0.3 is 0 Å². The summed E-state index contributed by atoms with van der Waals surface area (Å²) in [6.45, 7) is 0.274. The molecule has 4 nitrogen and oxygen atoms in total. The predicted molar refractivity (Wildman–Crippen MR) is 86.8 cm³/mol. The molecule has 0 amide bonds. The number of nitrogens with zero attached hydrogens (tertiary/aromatic N) is 2. The summed E-state index contributed by atoms with van der Waals surface area (Å²) in [6.07, 6.45) is 0. The molecule has 0 radical (unpaired) electrons. The fourth-order valence-electron chi connectivity index (χ4n) is 1.67. The summed E-state index contributed by atoms with van der Waals surface area (Å²) in [5.41, 5.74) is 0.250. The van der Waals surface area contributed by atoms with Gasteiger partial charge in [-0.25, -0.2) is 8.42 Å². The van der Waals surface area contributed by atoms with Crippen LogP contribution in [0.4, 0.5) is 0 Å². The van der Waals surface area contributed by atoms with Crippen molar-refractivity contribution < 1.29 is 8.42 Å². The Bertz CT molecular complexity index is 812. The molecule has 0 unspecified atom stereocenters. The molecular weight excluding hydrogens is 396 g/mol. The molecule has 21 heavy (non-hydrogen) atoms. The van der Waals surface area contributed by atoms with Gasteiger partial charge in [0.1, 0.15) is 6.07 Å². The van der Waals surface area contributed by atoms with Gasteiger partial charge in [0.25, 0.3) is 0 Å². The zero-order chi connectivity index (χ0) is 15.6. The minimum absolute atomic E-state index is 0.0737. The van der Waals surface area contributed by atoms with Gasteiger partial charge in [0.15, 0.2) is 0 Å². The summed E-state index contributed by atoms with van der Waals surface area (Å²) in [5.74, 6) is 0. The topological polar surface area (TPSA) is 61.2 Å². The van der Waals surface area contributed by atoms with Crippen LogP contribution >= 0.6 is 38.9 Å². The van der Waals surface area contributed by atoms with Gasteiger partial charge in [-0.15, -0.1) is 11.3 Å². The molecule has 0 bridgehead atoms. The van der Waals surface area contributed by atoms with Crippen molar-refractivity contribution in [3.8, 4) is 6.07 Å². The van der Waals surface area contributed by atoms with Gasteiger partial charge in [0.2, 0.25) is 10.0 Å². The van der Waals surface area contributed by atoms with Gasteiger partial charge in [-0.2, -0.15) is 9.57 Å². The molecule has 0 saturated heterocycles. The van der Waals surface area contributed by atoms with Gasteiger partial charge >= 0.3 is 0 Å². The molecule has 0 N–H and O–H groups in total. The van der Waals surface area contributed by atoms with E-state index in [1.54, 1.807) is 0 Å². The SMILES string of the molecule is CN(Cc1ccc(Br)s1)S(=O)(=O)c1ccc(C#N)c(Cl)c1. The summed E-state index contributed by atoms with van der Waals surface area (Å²) in [4.78, 5) is 0.998. The fraction of sp³-hybridized carbons (Fsp3) is 0.154. The quantitative estimate of drug-likeness (QED) is 0.776. The van der Waals surface area contributed by atoms with Crippen molar-refractivity contribution in [2.45, 2.75) is 11.4 Å². The van der Waals surface area contributed by atoms with Crippen LogP contribution in [-0.2, 0) is 16.6 Å². The maximum Gasteiger partial charge on any atom is 0.243 e. The highest BCUT2D eigenvalue weighted by molar-refractivity contribution is 9.11. The highest BCUT2D eigenvalue weighted by Gasteiger charge is 2.22. The molecule has 1 heterocycles. The number of rotatable bonds is 4. The van der Waals surface area contributed by atoms with Gasteiger partial charge in [0.05, 0.1) is 19.3 Å². The second-order valence-corrected chi connectivity index (χ2v) is 9.22.